The van der Waals surface area contributed by atoms with Crippen LogP contribution in [0.2, 0.25) is 0 Å². The summed E-state index contributed by atoms with van der Waals surface area (Å²) in [7, 11) is 0. The Hall–Kier alpha value is -1.44. The second-order valence-electron chi connectivity index (χ2n) is 5.50. The van der Waals surface area contributed by atoms with Crippen molar-refractivity contribution in [3.8, 4) is 0 Å². The lowest BCUT2D eigenvalue weighted by Gasteiger charge is -2.32. The molecule has 0 saturated heterocycles. The van der Waals surface area contributed by atoms with Crippen molar-refractivity contribution in [3.63, 3.8) is 0 Å². The van der Waals surface area contributed by atoms with Crippen molar-refractivity contribution in [2.45, 2.75) is 44.9 Å². The van der Waals surface area contributed by atoms with Gasteiger partial charge < -0.3 is 0 Å². The average molecular weight is 241 g/mol. The van der Waals surface area contributed by atoms with Crippen molar-refractivity contribution in [1.29, 1.82) is 0 Å². The number of hydrogen-bond acceptors (Lipinski definition) is 2. The van der Waals surface area contributed by atoms with Gasteiger partial charge in [0.2, 0.25) is 0 Å². The number of Topliss-reactive ketones (excluding diaryl/α,β-unsaturated/α-hetero) is 1. The Morgan fingerprint density at radius 2 is 1.83 bits per heavy atom. The van der Waals surface area contributed by atoms with Gasteiger partial charge in [-0.2, -0.15) is 0 Å². The zero-order valence-electron chi connectivity index (χ0n) is 10.9. The molecule has 1 aliphatic heterocycles. The first-order valence-electron chi connectivity index (χ1n) is 6.96. The summed E-state index contributed by atoms with van der Waals surface area (Å²) in [6.45, 7) is 1.86. The van der Waals surface area contributed by atoms with Crippen LogP contribution >= 0.6 is 0 Å². The lowest BCUT2D eigenvalue weighted by molar-refractivity contribution is -0.115. The molecule has 0 radical (unpaired) electrons. The van der Waals surface area contributed by atoms with E-state index in [-0.39, 0.29) is 11.7 Å². The van der Waals surface area contributed by atoms with Gasteiger partial charge in [-0.25, -0.2) is 4.99 Å². The van der Waals surface area contributed by atoms with Gasteiger partial charge in [-0.3, -0.25) is 4.79 Å². The SMILES string of the molecule is CC1=Nc2ccccc2C(C2CCCCC2)C1=O. The molecule has 0 amide bonds. The fraction of sp³-hybridized carbons (Fsp3) is 0.500. The summed E-state index contributed by atoms with van der Waals surface area (Å²) in [6.07, 6.45) is 6.25. The van der Waals surface area contributed by atoms with Crippen LogP contribution < -0.4 is 0 Å². The van der Waals surface area contributed by atoms with E-state index in [1.165, 1.54) is 32.1 Å². The first-order valence-corrected chi connectivity index (χ1v) is 6.96. The van der Waals surface area contributed by atoms with E-state index < -0.39 is 0 Å². The summed E-state index contributed by atoms with van der Waals surface area (Å²) in [5.74, 6) is 0.845. The maximum Gasteiger partial charge on any atom is 0.184 e. The largest absolute Gasteiger partial charge is 0.292 e. The molecular formula is C16H19NO. The van der Waals surface area contributed by atoms with Crippen molar-refractivity contribution < 1.29 is 4.79 Å². The normalized spacial score (nSPS) is 24.6. The summed E-state index contributed by atoms with van der Waals surface area (Å²) in [5, 5.41) is 0. The van der Waals surface area contributed by atoms with Crippen molar-refractivity contribution in [2.24, 2.45) is 10.9 Å². The minimum Gasteiger partial charge on any atom is -0.292 e. The van der Waals surface area contributed by atoms with E-state index in [2.05, 4.69) is 11.1 Å². The van der Waals surface area contributed by atoms with Crippen LogP contribution in [0.4, 0.5) is 5.69 Å². The van der Waals surface area contributed by atoms with Crippen LogP contribution in [0.25, 0.3) is 0 Å². The molecular weight excluding hydrogens is 222 g/mol. The minimum absolute atomic E-state index is 0.0685. The Balaban J connectivity index is 2.02. The molecule has 3 rings (SSSR count). The number of carbonyl (C=O) groups is 1. The summed E-state index contributed by atoms with van der Waals surface area (Å²) in [4.78, 5) is 16.9. The summed E-state index contributed by atoms with van der Waals surface area (Å²) >= 11 is 0. The molecule has 1 atom stereocenters. The number of para-hydroxylation sites is 1. The molecule has 94 valence electrons. The molecule has 0 bridgehead atoms. The van der Waals surface area contributed by atoms with Gasteiger partial charge in [-0.1, -0.05) is 37.5 Å². The number of benzene rings is 1. The third kappa shape index (κ3) is 1.90. The van der Waals surface area contributed by atoms with E-state index in [0.717, 1.165) is 11.3 Å². The fourth-order valence-corrected chi connectivity index (χ4v) is 3.39. The van der Waals surface area contributed by atoms with Crippen LogP contribution in [0.15, 0.2) is 29.3 Å². The Bertz CT molecular complexity index is 498. The van der Waals surface area contributed by atoms with Crippen molar-refractivity contribution in [1.82, 2.24) is 0 Å². The molecule has 1 aromatic rings. The molecule has 1 saturated carbocycles. The van der Waals surface area contributed by atoms with Crippen LogP contribution in [0, 0.1) is 5.92 Å². The second-order valence-corrected chi connectivity index (χ2v) is 5.50. The zero-order chi connectivity index (χ0) is 12.5. The molecule has 2 heteroatoms. The molecule has 1 unspecified atom stereocenters. The third-order valence-corrected chi connectivity index (χ3v) is 4.32. The number of hydrogen-bond donors (Lipinski definition) is 0. The molecule has 0 N–H and O–H groups in total. The molecule has 0 spiro atoms. The zero-order valence-corrected chi connectivity index (χ0v) is 10.9. The van der Waals surface area contributed by atoms with Crippen LogP contribution in [0.5, 0.6) is 0 Å². The van der Waals surface area contributed by atoms with Gasteiger partial charge in [0, 0.05) is 0 Å². The van der Waals surface area contributed by atoms with Gasteiger partial charge in [0.05, 0.1) is 17.3 Å². The van der Waals surface area contributed by atoms with Gasteiger partial charge in [0.15, 0.2) is 5.78 Å². The molecule has 18 heavy (non-hydrogen) atoms. The Kier molecular flexibility index (Phi) is 3.02. The monoisotopic (exact) mass is 241 g/mol. The highest BCUT2D eigenvalue weighted by molar-refractivity contribution is 6.42. The molecule has 1 heterocycles. The molecule has 2 aliphatic rings. The quantitative estimate of drug-likeness (QED) is 0.730. The third-order valence-electron chi connectivity index (χ3n) is 4.32. The summed E-state index contributed by atoms with van der Waals surface area (Å²) < 4.78 is 0. The van der Waals surface area contributed by atoms with Gasteiger partial charge in [0.1, 0.15) is 0 Å². The Morgan fingerprint density at radius 3 is 2.61 bits per heavy atom. The molecule has 1 aromatic carbocycles. The van der Waals surface area contributed by atoms with E-state index in [0.29, 0.717) is 11.6 Å². The van der Waals surface area contributed by atoms with Gasteiger partial charge in [-0.15, -0.1) is 0 Å². The average Bonchev–Trinajstić information content (AvgIpc) is 2.41. The highest BCUT2D eigenvalue weighted by Crippen LogP contribution is 2.42. The van der Waals surface area contributed by atoms with Crippen LogP contribution in [0.3, 0.4) is 0 Å². The van der Waals surface area contributed by atoms with E-state index in [1.807, 2.05) is 25.1 Å². The lowest BCUT2D eigenvalue weighted by Crippen LogP contribution is -2.30. The van der Waals surface area contributed by atoms with Crippen molar-refractivity contribution in [2.75, 3.05) is 0 Å². The van der Waals surface area contributed by atoms with Gasteiger partial charge in [-0.05, 0) is 37.3 Å². The summed E-state index contributed by atoms with van der Waals surface area (Å²) in [5.41, 5.74) is 2.84. The van der Waals surface area contributed by atoms with Gasteiger partial charge in [0.25, 0.3) is 0 Å². The maximum atomic E-state index is 12.5. The molecule has 2 nitrogen and oxygen atoms in total. The Labute approximate surface area is 108 Å². The Morgan fingerprint density at radius 1 is 1.11 bits per heavy atom. The second kappa shape index (κ2) is 4.68. The van der Waals surface area contributed by atoms with Gasteiger partial charge >= 0.3 is 0 Å². The number of nitrogens with zero attached hydrogens (tertiary/aromatic N) is 1. The fourth-order valence-electron chi connectivity index (χ4n) is 3.39. The first-order chi connectivity index (χ1) is 8.77. The predicted octanol–water partition coefficient (Wildman–Crippen LogP) is 4.03. The maximum absolute atomic E-state index is 12.5. The van der Waals surface area contributed by atoms with E-state index in [4.69, 9.17) is 0 Å². The number of ketones is 1. The number of carbonyl (C=O) groups excluding carboxylic acids is 1. The first kappa shape index (κ1) is 11.6. The van der Waals surface area contributed by atoms with E-state index in [9.17, 15) is 4.79 Å². The van der Waals surface area contributed by atoms with Crippen LogP contribution in [-0.4, -0.2) is 11.5 Å². The molecule has 0 aromatic heterocycles. The van der Waals surface area contributed by atoms with Crippen LogP contribution in [0.1, 0.15) is 50.5 Å². The highest BCUT2D eigenvalue weighted by atomic mass is 16.1. The topological polar surface area (TPSA) is 29.4 Å². The standard InChI is InChI=1S/C16H19NO/c1-11-16(18)15(12-7-3-2-4-8-12)13-9-5-6-10-14(13)17-11/h5-6,9-10,12,15H,2-4,7-8H2,1H3. The van der Waals surface area contributed by atoms with E-state index in [1.54, 1.807) is 0 Å². The predicted molar refractivity (Wildman–Crippen MR) is 73.5 cm³/mol. The van der Waals surface area contributed by atoms with Crippen molar-refractivity contribution in [3.05, 3.63) is 29.8 Å². The summed E-state index contributed by atoms with van der Waals surface area (Å²) in [6, 6.07) is 8.14. The van der Waals surface area contributed by atoms with Crippen LogP contribution in [-0.2, 0) is 4.79 Å². The van der Waals surface area contributed by atoms with E-state index >= 15 is 0 Å². The molecule has 1 fully saturated rings. The number of aliphatic imine (C=N–C) groups is 1. The van der Waals surface area contributed by atoms with Crippen molar-refractivity contribution >= 4 is 17.2 Å². The molecule has 1 aliphatic carbocycles. The number of rotatable bonds is 1. The lowest BCUT2D eigenvalue weighted by atomic mass is 9.73. The number of fused-ring (bicyclic) bond motifs is 1. The minimum atomic E-state index is 0.0685. The highest BCUT2D eigenvalue weighted by Gasteiger charge is 2.35. The smallest absolute Gasteiger partial charge is 0.184 e.